The van der Waals surface area contributed by atoms with Crippen LogP contribution in [0.15, 0.2) is 24.3 Å². The molecule has 0 unspecified atom stereocenters. The number of nitrogens with zero attached hydrogens (tertiary/aromatic N) is 1. The van der Waals surface area contributed by atoms with Crippen molar-refractivity contribution in [3.8, 4) is 6.07 Å². The maximum atomic E-state index is 8.92. The SMILES string of the molecule is CCCOCCCNCc1ccccc1C#N. The highest BCUT2D eigenvalue weighted by atomic mass is 16.5. The molecule has 0 aliphatic heterocycles. The average Bonchev–Trinajstić information content (AvgIpc) is 2.38. The summed E-state index contributed by atoms with van der Waals surface area (Å²) in [6, 6.07) is 9.88. The number of hydrogen-bond donors (Lipinski definition) is 1. The van der Waals surface area contributed by atoms with Crippen LogP contribution in [0.5, 0.6) is 0 Å². The van der Waals surface area contributed by atoms with Gasteiger partial charge < -0.3 is 10.1 Å². The average molecular weight is 232 g/mol. The van der Waals surface area contributed by atoms with E-state index in [0.717, 1.165) is 50.3 Å². The van der Waals surface area contributed by atoms with Gasteiger partial charge in [0.05, 0.1) is 11.6 Å². The van der Waals surface area contributed by atoms with E-state index >= 15 is 0 Å². The van der Waals surface area contributed by atoms with Gasteiger partial charge in [0, 0.05) is 19.8 Å². The molecule has 0 fully saturated rings. The molecule has 17 heavy (non-hydrogen) atoms. The van der Waals surface area contributed by atoms with Crippen molar-refractivity contribution in [1.29, 1.82) is 5.26 Å². The van der Waals surface area contributed by atoms with Gasteiger partial charge in [0.1, 0.15) is 0 Å². The van der Waals surface area contributed by atoms with E-state index in [1.165, 1.54) is 0 Å². The van der Waals surface area contributed by atoms with Gasteiger partial charge in [-0.05, 0) is 31.0 Å². The summed E-state index contributed by atoms with van der Waals surface area (Å²) in [5, 5.41) is 12.2. The lowest BCUT2D eigenvalue weighted by molar-refractivity contribution is 0.132. The van der Waals surface area contributed by atoms with Crippen molar-refractivity contribution in [1.82, 2.24) is 5.32 Å². The highest BCUT2D eigenvalue weighted by Gasteiger charge is 1.99. The first-order valence-corrected chi connectivity index (χ1v) is 6.15. The maximum Gasteiger partial charge on any atom is 0.0995 e. The van der Waals surface area contributed by atoms with Crippen molar-refractivity contribution in [3.05, 3.63) is 35.4 Å². The van der Waals surface area contributed by atoms with Gasteiger partial charge in [0.25, 0.3) is 0 Å². The van der Waals surface area contributed by atoms with Crippen molar-refractivity contribution >= 4 is 0 Å². The molecule has 1 aromatic carbocycles. The third kappa shape index (κ3) is 5.48. The van der Waals surface area contributed by atoms with Crippen molar-refractivity contribution in [2.75, 3.05) is 19.8 Å². The number of nitriles is 1. The molecule has 1 rings (SSSR count). The van der Waals surface area contributed by atoms with E-state index in [2.05, 4.69) is 18.3 Å². The van der Waals surface area contributed by atoms with Gasteiger partial charge in [-0.2, -0.15) is 5.26 Å². The molecule has 0 saturated heterocycles. The molecule has 0 aliphatic carbocycles. The first kappa shape index (κ1) is 13.7. The molecule has 0 spiro atoms. The van der Waals surface area contributed by atoms with E-state index in [4.69, 9.17) is 10.00 Å². The molecule has 0 heterocycles. The van der Waals surface area contributed by atoms with Crippen molar-refractivity contribution in [3.63, 3.8) is 0 Å². The largest absolute Gasteiger partial charge is 0.381 e. The van der Waals surface area contributed by atoms with E-state index in [-0.39, 0.29) is 0 Å². The lowest BCUT2D eigenvalue weighted by atomic mass is 10.1. The summed E-state index contributed by atoms with van der Waals surface area (Å²) in [7, 11) is 0. The Morgan fingerprint density at radius 2 is 2.12 bits per heavy atom. The molecule has 0 atom stereocenters. The van der Waals surface area contributed by atoms with Crippen LogP contribution >= 0.6 is 0 Å². The fourth-order valence-corrected chi connectivity index (χ4v) is 1.55. The van der Waals surface area contributed by atoms with Crippen LogP contribution in [0.2, 0.25) is 0 Å². The summed E-state index contributed by atoms with van der Waals surface area (Å²) in [5.41, 5.74) is 1.81. The lowest BCUT2D eigenvalue weighted by Gasteiger charge is -2.06. The summed E-state index contributed by atoms with van der Waals surface area (Å²) in [6.07, 6.45) is 2.08. The van der Waals surface area contributed by atoms with Crippen molar-refractivity contribution in [2.24, 2.45) is 0 Å². The molecule has 0 radical (unpaired) electrons. The topological polar surface area (TPSA) is 45.0 Å². The zero-order valence-corrected chi connectivity index (χ0v) is 10.4. The number of hydrogen-bond acceptors (Lipinski definition) is 3. The first-order chi connectivity index (χ1) is 8.38. The molecule has 3 heteroatoms. The summed E-state index contributed by atoms with van der Waals surface area (Å²) in [6.45, 7) is 5.43. The summed E-state index contributed by atoms with van der Waals surface area (Å²) >= 11 is 0. The smallest absolute Gasteiger partial charge is 0.0995 e. The minimum Gasteiger partial charge on any atom is -0.381 e. The van der Waals surface area contributed by atoms with Gasteiger partial charge in [-0.25, -0.2) is 0 Å². The molecular weight excluding hydrogens is 212 g/mol. The zero-order valence-electron chi connectivity index (χ0n) is 10.4. The fraction of sp³-hybridized carbons (Fsp3) is 0.500. The van der Waals surface area contributed by atoms with Crippen LogP contribution in [0, 0.1) is 11.3 Å². The lowest BCUT2D eigenvalue weighted by Crippen LogP contribution is -2.17. The van der Waals surface area contributed by atoms with Gasteiger partial charge in [-0.1, -0.05) is 25.1 Å². The van der Waals surface area contributed by atoms with Crippen LogP contribution in [0.4, 0.5) is 0 Å². The second kappa shape index (κ2) is 8.74. The molecule has 3 nitrogen and oxygen atoms in total. The van der Waals surface area contributed by atoms with Crippen LogP contribution in [-0.4, -0.2) is 19.8 Å². The van der Waals surface area contributed by atoms with Crippen LogP contribution < -0.4 is 5.32 Å². The molecule has 0 aliphatic rings. The van der Waals surface area contributed by atoms with E-state index in [0.29, 0.717) is 0 Å². The standard InChI is InChI=1S/C14H20N2O/c1-2-9-17-10-5-8-16-12-14-7-4-3-6-13(14)11-15/h3-4,6-7,16H,2,5,8-10,12H2,1H3. The predicted octanol–water partition coefficient (Wildman–Crippen LogP) is 2.46. The molecule has 0 bridgehead atoms. The zero-order chi connectivity index (χ0) is 12.3. The minimum absolute atomic E-state index is 0.748. The summed E-state index contributed by atoms with van der Waals surface area (Å²) in [5.74, 6) is 0. The Morgan fingerprint density at radius 3 is 2.88 bits per heavy atom. The second-order valence-electron chi connectivity index (χ2n) is 3.91. The van der Waals surface area contributed by atoms with Gasteiger partial charge in [0.15, 0.2) is 0 Å². The van der Waals surface area contributed by atoms with E-state index < -0.39 is 0 Å². The minimum atomic E-state index is 0.748. The number of benzene rings is 1. The van der Waals surface area contributed by atoms with Crippen LogP contribution in [0.25, 0.3) is 0 Å². The van der Waals surface area contributed by atoms with E-state index in [1.54, 1.807) is 0 Å². The monoisotopic (exact) mass is 232 g/mol. The van der Waals surface area contributed by atoms with Gasteiger partial charge in [0.2, 0.25) is 0 Å². The number of ether oxygens (including phenoxy) is 1. The predicted molar refractivity (Wildman–Crippen MR) is 68.6 cm³/mol. The molecule has 1 N–H and O–H groups in total. The molecule has 0 aromatic heterocycles. The Morgan fingerprint density at radius 1 is 1.29 bits per heavy atom. The van der Waals surface area contributed by atoms with E-state index in [9.17, 15) is 0 Å². The Kier molecular flexibility index (Phi) is 7.04. The number of nitrogens with one attached hydrogen (secondary N) is 1. The molecule has 0 amide bonds. The van der Waals surface area contributed by atoms with Crippen LogP contribution in [0.3, 0.4) is 0 Å². The summed E-state index contributed by atoms with van der Waals surface area (Å²) in [4.78, 5) is 0. The first-order valence-electron chi connectivity index (χ1n) is 6.15. The quantitative estimate of drug-likeness (QED) is 0.700. The maximum absolute atomic E-state index is 8.92. The Hall–Kier alpha value is -1.37. The van der Waals surface area contributed by atoms with Crippen LogP contribution in [-0.2, 0) is 11.3 Å². The molecule has 92 valence electrons. The molecule has 1 aromatic rings. The third-order valence-electron chi connectivity index (χ3n) is 2.44. The van der Waals surface area contributed by atoms with E-state index in [1.807, 2.05) is 24.3 Å². The van der Waals surface area contributed by atoms with Gasteiger partial charge in [-0.3, -0.25) is 0 Å². The molecular formula is C14H20N2O. The highest BCUT2D eigenvalue weighted by Crippen LogP contribution is 2.06. The summed E-state index contributed by atoms with van der Waals surface area (Å²) < 4.78 is 5.39. The third-order valence-corrected chi connectivity index (χ3v) is 2.44. The number of rotatable bonds is 8. The van der Waals surface area contributed by atoms with Gasteiger partial charge >= 0.3 is 0 Å². The van der Waals surface area contributed by atoms with Crippen LogP contribution in [0.1, 0.15) is 30.9 Å². The normalized spacial score (nSPS) is 10.1. The Balaban J connectivity index is 2.16. The Bertz CT molecular complexity index is 357. The Labute approximate surface area is 103 Å². The van der Waals surface area contributed by atoms with Crippen molar-refractivity contribution < 1.29 is 4.74 Å². The van der Waals surface area contributed by atoms with Crippen molar-refractivity contribution in [2.45, 2.75) is 26.3 Å². The fourth-order valence-electron chi connectivity index (χ4n) is 1.55. The molecule has 0 saturated carbocycles. The van der Waals surface area contributed by atoms with Gasteiger partial charge in [-0.15, -0.1) is 0 Å². The highest BCUT2D eigenvalue weighted by molar-refractivity contribution is 5.37. The second-order valence-corrected chi connectivity index (χ2v) is 3.91.